The molecule has 1 aliphatic rings. The molecule has 3 heterocycles. The van der Waals surface area contributed by atoms with Crippen LogP contribution < -0.4 is 10.5 Å². The van der Waals surface area contributed by atoms with Crippen molar-refractivity contribution in [3.63, 3.8) is 0 Å². The van der Waals surface area contributed by atoms with Gasteiger partial charge in [-0.3, -0.25) is 4.57 Å². The van der Waals surface area contributed by atoms with Gasteiger partial charge in [0.1, 0.15) is 18.4 Å². The molecule has 0 spiro atoms. The highest BCUT2D eigenvalue weighted by atomic mass is 16.5. The number of fused-ring (bicyclic) bond motifs is 1. The Morgan fingerprint density at radius 1 is 1.54 bits per heavy atom. The van der Waals surface area contributed by atoms with Gasteiger partial charge in [-0.2, -0.15) is 9.97 Å². The summed E-state index contributed by atoms with van der Waals surface area (Å²) in [4.78, 5) is 15.0. The Labute approximate surface area is 135 Å². The van der Waals surface area contributed by atoms with E-state index in [2.05, 4.69) is 25.0 Å². The first-order chi connectivity index (χ1) is 11.6. The minimum Gasteiger partial charge on any atom is -0.476 e. The first-order valence-electron chi connectivity index (χ1n) is 7.22. The molecule has 2 aromatic heterocycles. The van der Waals surface area contributed by atoms with Crippen LogP contribution in [0.3, 0.4) is 0 Å². The number of nitrogens with zero attached hydrogens (tertiary/aromatic N) is 7. The lowest BCUT2D eigenvalue weighted by molar-refractivity contribution is -0.0436. The van der Waals surface area contributed by atoms with Gasteiger partial charge in [0.15, 0.2) is 11.2 Å². The molecule has 1 unspecified atom stereocenters. The summed E-state index contributed by atoms with van der Waals surface area (Å²) in [5, 5.41) is 23.0. The molecule has 0 saturated carbocycles. The van der Waals surface area contributed by atoms with Gasteiger partial charge in [-0.05, 0) is 12.5 Å². The lowest BCUT2D eigenvalue weighted by Crippen LogP contribution is -2.31. The van der Waals surface area contributed by atoms with E-state index in [0.717, 1.165) is 0 Å². The van der Waals surface area contributed by atoms with Crippen LogP contribution in [0.15, 0.2) is 11.4 Å². The van der Waals surface area contributed by atoms with Gasteiger partial charge in [-0.25, -0.2) is 4.98 Å². The Balaban J connectivity index is 2.10. The highest BCUT2D eigenvalue weighted by Gasteiger charge is 2.44. The van der Waals surface area contributed by atoms with Crippen LogP contribution in [0.4, 0.5) is 5.95 Å². The van der Waals surface area contributed by atoms with E-state index in [0.29, 0.717) is 17.8 Å². The van der Waals surface area contributed by atoms with E-state index in [1.165, 1.54) is 10.9 Å². The molecule has 0 amide bonds. The van der Waals surface area contributed by atoms with Gasteiger partial charge in [0.05, 0.1) is 25.6 Å². The zero-order valence-corrected chi connectivity index (χ0v) is 12.7. The van der Waals surface area contributed by atoms with Crippen molar-refractivity contribution < 1.29 is 19.7 Å². The van der Waals surface area contributed by atoms with E-state index in [1.807, 2.05) is 0 Å². The molecule has 1 fully saturated rings. The van der Waals surface area contributed by atoms with Crippen LogP contribution in [0.1, 0.15) is 13.2 Å². The molecule has 2 aromatic rings. The molecule has 0 bridgehead atoms. The summed E-state index contributed by atoms with van der Waals surface area (Å²) in [6, 6.07) is -0.962. The lowest BCUT2D eigenvalue weighted by Gasteiger charge is -2.17. The summed E-state index contributed by atoms with van der Waals surface area (Å²) in [5.74, 6) is 0.196. The normalized spacial score (nSPS) is 26.5. The molecule has 4 atom stereocenters. The molecule has 128 valence electrons. The van der Waals surface area contributed by atoms with Crippen molar-refractivity contribution in [2.24, 2.45) is 5.11 Å². The number of nitrogen functional groups attached to an aromatic ring is 1. The molecule has 0 aromatic carbocycles. The smallest absolute Gasteiger partial charge is 0.247 e. The number of anilines is 1. The third-order valence-electron chi connectivity index (χ3n) is 3.66. The second-order valence-electron chi connectivity index (χ2n) is 5.08. The number of hydrogen-bond donors (Lipinski definition) is 3. The Bertz CT molecular complexity index is 789. The third-order valence-corrected chi connectivity index (χ3v) is 3.66. The molecule has 12 heteroatoms. The van der Waals surface area contributed by atoms with Gasteiger partial charge >= 0.3 is 0 Å². The second kappa shape index (κ2) is 6.45. The van der Waals surface area contributed by atoms with Gasteiger partial charge in [0.2, 0.25) is 11.8 Å². The first kappa shape index (κ1) is 16.2. The Morgan fingerprint density at radius 3 is 3.00 bits per heavy atom. The lowest BCUT2D eigenvalue weighted by atomic mass is 10.1. The molecule has 3 rings (SSSR count). The van der Waals surface area contributed by atoms with Crippen LogP contribution in [-0.2, 0) is 4.74 Å². The van der Waals surface area contributed by atoms with Crippen molar-refractivity contribution in [3.05, 3.63) is 16.8 Å². The van der Waals surface area contributed by atoms with Gasteiger partial charge in [-0.1, -0.05) is 5.11 Å². The number of nitrogens with two attached hydrogens (primary N) is 1. The fourth-order valence-corrected chi connectivity index (χ4v) is 2.63. The number of rotatable bonds is 5. The number of azide groups is 1. The molecule has 12 nitrogen and oxygen atoms in total. The maximum atomic E-state index is 10.1. The summed E-state index contributed by atoms with van der Waals surface area (Å²) in [6.45, 7) is 1.73. The summed E-state index contributed by atoms with van der Waals surface area (Å²) < 4.78 is 12.5. The van der Waals surface area contributed by atoms with E-state index in [-0.39, 0.29) is 11.8 Å². The molecule has 4 N–H and O–H groups in total. The predicted octanol–water partition coefficient (Wildman–Crippen LogP) is -0.263. The topological polar surface area (TPSA) is 177 Å². The molecular formula is C12H16N8O4. The van der Waals surface area contributed by atoms with Crippen LogP contribution in [0.25, 0.3) is 21.6 Å². The minimum atomic E-state index is -1.17. The largest absolute Gasteiger partial charge is 0.476 e. The van der Waals surface area contributed by atoms with E-state index in [4.69, 9.17) is 20.7 Å². The molecule has 0 radical (unpaired) electrons. The van der Waals surface area contributed by atoms with Crippen LogP contribution in [-0.4, -0.2) is 61.2 Å². The Morgan fingerprint density at radius 2 is 2.33 bits per heavy atom. The van der Waals surface area contributed by atoms with Crippen molar-refractivity contribution in [1.82, 2.24) is 19.5 Å². The SMILES string of the molecule is CCOc1nc(N)nc2c1ncn2[C@@H]1O[C@H](CO)[C@@H](O)C1N=[N+]=[N-]. The van der Waals surface area contributed by atoms with Crippen LogP contribution in [0.2, 0.25) is 0 Å². The van der Waals surface area contributed by atoms with Crippen molar-refractivity contribution in [3.8, 4) is 5.88 Å². The van der Waals surface area contributed by atoms with Gasteiger partial charge in [0, 0.05) is 4.91 Å². The summed E-state index contributed by atoms with van der Waals surface area (Å²) >= 11 is 0. The zero-order valence-electron chi connectivity index (χ0n) is 12.7. The van der Waals surface area contributed by atoms with Gasteiger partial charge in [-0.15, -0.1) is 0 Å². The Kier molecular flexibility index (Phi) is 4.36. The fraction of sp³-hybridized carbons (Fsp3) is 0.583. The van der Waals surface area contributed by atoms with Crippen LogP contribution in [0, 0.1) is 0 Å². The Hall–Kier alpha value is -2.66. The molecule has 24 heavy (non-hydrogen) atoms. The molecule has 1 saturated heterocycles. The highest BCUT2D eigenvalue weighted by Crippen LogP contribution is 2.34. The summed E-state index contributed by atoms with van der Waals surface area (Å²) in [5.41, 5.74) is 15.1. The average Bonchev–Trinajstić information content (AvgIpc) is 3.10. The van der Waals surface area contributed by atoms with Crippen molar-refractivity contribution >= 4 is 17.1 Å². The van der Waals surface area contributed by atoms with Crippen molar-refractivity contribution in [1.29, 1.82) is 0 Å². The molecule has 0 aliphatic carbocycles. The number of imidazole rings is 1. The summed E-state index contributed by atoms with van der Waals surface area (Å²) in [7, 11) is 0. The monoisotopic (exact) mass is 336 g/mol. The van der Waals surface area contributed by atoms with E-state index < -0.39 is 31.1 Å². The highest BCUT2D eigenvalue weighted by molar-refractivity contribution is 5.77. The van der Waals surface area contributed by atoms with Crippen LogP contribution >= 0.6 is 0 Å². The number of aromatic nitrogens is 4. The average molecular weight is 336 g/mol. The predicted molar refractivity (Wildman–Crippen MR) is 80.8 cm³/mol. The minimum absolute atomic E-state index is 0.0229. The zero-order chi connectivity index (χ0) is 17.3. The van der Waals surface area contributed by atoms with E-state index in [9.17, 15) is 10.2 Å². The first-order valence-corrected chi connectivity index (χ1v) is 7.22. The van der Waals surface area contributed by atoms with Gasteiger partial charge in [0.25, 0.3) is 0 Å². The maximum absolute atomic E-state index is 10.1. The van der Waals surface area contributed by atoms with Crippen LogP contribution in [0.5, 0.6) is 5.88 Å². The molecular weight excluding hydrogens is 320 g/mol. The molecule has 1 aliphatic heterocycles. The summed E-state index contributed by atoms with van der Waals surface area (Å²) in [6.07, 6.45) is -1.56. The number of aliphatic hydroxyl groups excluding tert-OH is 2. The fourth-order valence-electron chi connectivity index (χ4n) is 2.63. The number of hydrogen-bond acceptors (Lipinski definition) is 9. The third kappa shape index (κ3) is 2.57. The van der Waals surface area contributed by atoms with Crippen molar-refractivity contribution in [2.75, 3.05) is 18.9 Å². The van der Waals surface area contributed by atoms with Gasteiger partial charge < -0.3 is 25.4 Å². The van der Waals surface area contributed by atoms with E-state index >= 15 is 0 Å². The maximum Gasteiger partial charge on any atom is 0.247 e. The van der Waals surface area contributed by atoms with E-state index in [1.54, 1.807) is 6.92 Å². The van der Waals surface area contributed by atoms with Crippen molar-refractivity contribution in [2.45, 2.75) is 31.4 Å². The quantitative estimate of drug-likeness (QED) is 0.379. The standard InChI is InChI=1S/C12H16N8O4/c1-2-23-10-7-9(16-12(13)17-10)20(4-15-7)11-6(18-19-14)8(22)5(3-21)24-11/h4-6,8,11,21-22H,2-3H2,1H3,(H2,13,16,17)/t5-,6?,8-,11-/m1/s1. The number of aliphatic hydroxyl groups is 2. The number of ether oxygens (including phenoxy) is 2. The second-order valence-corrected chi connectivity index (χ2v) is 5.08.